The average Bonchev–Trinajstić information content (AvgIpc) is 2.84. The molecule has 18 heavy (non-hydrogen) atoms. The molecule has 0 atom stereocenters. The van der Waals surface area contributed by atoms with E-state index in [2.05, 4.69) is 15.0 Å². The molecule has 0 aliphatic heterocycles. The van der Waals surface area contributed by atoms with Crippen LogP contribution in [0.25, 0.3) is 11.0 Å². The van der Waals surface area contributed by atoms with Crippen molar-refractivity contribution in [2.45, 2.75) is 12.8 Å². The second-order valence-electron chi connectivity index (χ2n) is 4.15. The van der Waals surface area contributed by atoms with E-state index in [0.29, 0.717) is 28.0 Å². The minimum absolute atomic E-state index is 0.0429. The molecule has 0 bridgehead atoms. The number of carbonyl (C=O) groups is 1. The van der Waals surface area contributed by atoms with Crippen LogP contribution in [-0.2, 0) is 0 Å². The number of allylic oxidation sites excluding steroid dienone is 4. The summed E-state index contributed by atoms with van der Waals surface area (Å²) in [7, 11) is 0. The van der Waals surface area contributed by atoms with Crippen LogP contribution in [0.5, 0.6) is 0 Å². The summed E-state index contributed by atoms with van der Waals surface area (Å²) in [5.41, 5.74) is 7.63. The molecule has 90 valence electrons. The molecule has 0 radical (unpaired) electrons. The zero-order valence-electron chi connectivity index (χ0n) is 9.68. The Labute approximate surface area is 103 Å². The van der Waals surface area contributed by atoms with E-state index in [-0.39, 0.29) is 5.78 Å². The van der Waals surface area contributed by atoms with Gasteiger partial charge in [0, 0.05) is 11.8 Å². The number of aromatic nitrogens is 3. The second kappa shape index (κ2) is 4.10. The number of fused-ring (bicyclic) bond motifs is 1. The molecule has 1 aliphatic carbocycles. The van der Waals surface area contributed by atoms with E-state index in [1.54, 1.807) is 6.20 Å². The average molecular weight is 240 g/mol. The van der Waals surface area contributed by atoms with Gasteiger partial charge in [-0.15, -0.1) is 0 Å². The van der Waals surface area contributed by atoms with Crippen molar-refractivity contribution in [3.8, 4) is 0 Å². The quantitative estimate of drug-likeness (QED) is 0.786. The van der Waals surface area contributed by atoms with Crippen molar-refractivity contribution in [3.05, 3.63) is 41.9 Å². The van der Waals surface area contributed by atoms with E-state index < -0.39 is 0 Å². The Morgan fingerprint density at radius 1 is 1.33 bits per heavy atom. The highest BCUT2D eigenvalue weighted by molar-refractivity contribution is 6.18. The first-order valence-electron chi connectivity index (χ1n) is 5.76. The number of Topliss-reactive ketones (excluding diaryl/α,β-unsaturated/α-hetero) is 1. The first-order valence-corrected chi connectivity index (χ1v) is 5.76. The summed E-state index contributed by atoms with van der Waals surface area (Å²) in [4.78, 5) is 23.3. The van der Waals surface area contributed by atoms with Crippen LogP contribution >= 0.6 is 0 Å². The Balaban J connectivity index is 2.12. The number of ketones is 1. The lowest BCUT2D eigenvalue weighted by atomic mass is 9.98. The van der Waals surface area contributed by atoms with Crippen molar-refractivity contribution < 1.29 is 4.79 Å². The van der Waals surface area contributed by atoms with Crippen LogP contribution in [0.3, 0.4) is 0 Å². The molecule has 0 spiro atoms. The Kier molecular flexibility index (Phi) is 2.44. The zero-order valence-corrected chi connectivity index (χ0v) is 9.68. The fourth-order valence-corrected chi connectivity index (χ4v) is 2.10. The van der Waals surface area contributed by atoms with Crippen LogP contribution in [-0.4, -0.2) is 20.7 Å². The second-order valence-corrected chi connectivity index (χ2v) is 4.15. The molecule has 3 N–H and O–H groups in total. The maximum Gasteiger partial charge on any atom is 0.195 e. The molecule has 0 unspecified atom stereocenters. The maximum atomic E-state index is 12.4. The number of aromatic amines is 1. The van der Waals surface area contributed by atoms with E-state index in [1.165, 1.54) is 6.33 Å². The molecular formula is C13H12N4O. The van der Waals surface area contributed by atoms with Crippen LogP contribution in [0.4, 0.5) is 5.82 Å². The molecule has 2 heterocycles. The van der Waals surface area contributed by atoms with Gasteiger partial charge in [0.15, 0.2) is 5.78 Å². The van der Waals surface area contributed by atoms with Crippen molar-refractivity contribution in [3.63, 3.8) is 0 Å². The lowest BCUT2D eigenvalue weighted by molar-refractivity contribution is 0.103. The number of carbonyl (C=O) groups excluding carboxylic acids is 1. The first kappa shape index (κ1) is 10.7. The molecule has 3 rings (SSSR count). The number of H-pyrrole nitrogens is 1. The summed E-state index contributed by atoms with van der Waals surface area (Å²) in [5.74, 6) is 0.281. The zero-order chi connectivity index (χ0) is 12.5. The largest absolute Gasteiger partial charge is 0.383 e. The number of rotatable bonds is 2. The van der Waals surface area contributed by atoms with Gasteiger partial charge in [0.25, 0.3) is 0 Å². The van der Waals surface area contributed by atoms with E-state index in [0.717, 1.165) is 12.8 Å². The first-order chi connectivity index (χ1) is 8.77. The van der Waals surface area contributed by atoms with Gasteiger partial charge in [0.1, 0.15) is 17.8 Å². The number of nitrogens with two attached hydrogens (primary N) is 1. The Morgan fingerprint density at radius 3 is 3.00 bits per heavy atom. The lowest BCUT2D eigenvalue weighted by Gasteiger charge is -2.05. The third-order valence-corrected chi connectivity index (χ3v) is 3.00. The fraction of sp³-hybridized carbons (Fsp3) is 0.154. The molecule has 0 saturated carbocycles. The highest BCUT2D eigenvalue weighted by atomic mass is 16.1. The summed E-state index contributed by atoms with van der Waals surface area (Å²) in [5, 5.41) is 0.599. The number of hydrogen-bond acceptors (Lipinski definition) is 4. The normalized spacial score (nSPS) is 14.8. The molecule has 2 aromatic rings. The Hall–Kier alpha value is -2.43. The van der Waals surface area contributed by atoms with E-state index in [9.17, 15) is 4.79 Å². The molecule has 0 aromatic carbocycles. The molecular weight excluding hydrogens is 228 g/mol. The highest BCUT2D eigenvalue weighted by Gasteiger charge is 2.18. The summed E-state index contributed by atoms with van der Waals surface area (Å²) < 4.78 is 0. The minimum atomic E-state index is -0.0429. The SMILES string of the molecule is Nc1ncnc2[nH]cc(C(=O)C3=CCCC=C3)c12. The van der Waals surface area contributed by atoms with E-state index in [4.69, 9.17) is 5.73 Å². The number of nitrogen functional groups attached to an aromatic ring is 1. The van der Waals surface area contributed by atoms with Crippen LogP contribution in [0, 0.1) is 0 Å². The monoisotopic (exact) mass is 240 g/mol. The predicted molar refractivity (Wildman–Crippen MR) is 69.1 cm³/mol. The van der Waals surface area contributed by atoms with Gasteiger partial charge in [-0.3, -0.25) is 4.79 Å². The van der Waals surface area contributed by atoms with Gasteiger partial charge in [-0.05, 0) is 12.8 Å². The van der Waals surface area contributed by atoms with Gasteiger partial charge < -0.3 is 10.7 Å². The van der Waals surface area contributed by atoms with Gasteiger partial charge >= 0.3 is 0 Å². The molecule has 1 aliphatic rings. The molecule has 5 heteroatoms. The minimum Gasteiger partial charge on any atom is -0.383 e. The van der Waals surface area contributed by atoms with Crippen LogP contribution in [0.1, 0.15) is 23.2 Å². The maximum absolute atomic E-state index is 12.4. The van der Waals surface area contributed by atoms with Crippen LogP contribution in [0.2, 0.25) is 0 Å². The number of nitrogens with one attached hydrogen (secondary N) is 1. The topological polar surface area (TPSA) is 84.7 Å². The van der Waals surface area contributed by atoms with Gasteiger partial charge in [-0.25, -0.2) is 9.97 Å². The van der Waals surface area contributed by atoms with Crippen molar-refractivity contribution in [2.75, 3.05) is 5.73 Å². The molecule has 0 saturated heterocycles. The Morgan fingerprint density at radius 2 is 2.22 bits per heavy atom. The predicted octanol–water partition coefficient (Wildman–Crippen LogP) is 2.00. The van der Waals surface area contributed by atoms with Gasteiger partial charge in [0.2, 0.25) is 0 Å². The summed E-state index contributed by atoms with van der Waals surface area (Å²) in [6.07, 6.45) is 10.7. The number of nitrogens with zero attached hydrogens (tertiary/aromatic N) is 2. The summed E-state index contributed by atoms with van der Waals surface area (Å²) in [6, 6.07) is 0. The fourth-order valence-electron chi connectivity index (χ4n) is 2.10. The van der Waals surface area contributed by atoms with E-state index in [1.807, 2.05) is 18.2 Å². The molecule has 5 nitrogen and oxygen atoms in total. The van der Waals surface area contributed by atoms with Crippen LogP contribution in [0.15, 0.2) is 36.3 Å². The summed E-state index contributed by atoms with van der Waals surface area (Å²) >= 11 is 0. The van der Waals surface area contributed by atoms with E-state index >= 15 is 0 Å². The molecule has 0 amide bonds. The Bertz CT molecular complexity index is 681. The lowest BCUT2D eigenvalue weighted by Crippen LogP contribution is -2.04. The van der Waals surface area contributed by atoms with Gasteiger partial charge in [-0.2, -0.15) is 0 Å². The van der Waals surface area contributed by atoms with Crippen molar-refractivity contribution in [1.29, 1.82) is 0 Å². The van der Waals surface area contributed by atoms with Crippen molar-refractivity contribution in [2.24, 2.45) is 0 Å². The standard InChI is InChI=1S/C13H12N4O/c14-12-10-9(6-15-13(10)17-7-16-12)11(18)8-4-2-1-3-5-8/h2,4-7H,1,3H2,(H3,14,15,16,17). The number of hydrogen-bond donors (Lipinski definition) is 2. The smallest absolute Gasteiger partial charge is 0.195 e. The molecule has 0 fully saturated rings. The number of anilines is 1. The van der Waals surface area contributed by atoms with Gasteiger partial charge in [0.05, 0.1) is 10.9 Å². The van der Waals surface area contributed by atoms with Gasteiger partial charge in [-0.1, -0.05) is 18.2 Å². The van der Waals surface area contributed by atoms with Crippen LogP contribution < -0.4 is 5.73 Å². The van der Waals surface area contributed by atoms with Crippen molar-refractivity contribution >= 4 is 22.6 Å². The summed E-state index contributed by atoms with van der Waals surface area (Å²) in [6.45, 7) is 0. The van der Waals surface area contributed by atoms with Crippen molar-refractivity contribution in [1.82, 2.24) is 15.0 Å². The third kappa shape index (κ3) is 1.60. The third-order valence-electron chi connectivity index (χ3n) is 3.00. The molecule has 2 aromatic heterocycles. The highest BCUT2D eigenvalue weighted by Crippen LogP contribution is 2.24.